The van der Waals surface area contributed by atoms with E-state index in [0.29, 0.717) is 54.4 Å². The van der Waals surface area contributed by atoms with E-state index >= 15 is 4.39 Å². The molecule has 9 nitrogen and oxygen atoms in total. The number of amides is 2. The maximum atomic E-state index is 15.3. The number of carbonyl (C=O) groups excluding carboxylic acids is 2. The molecule has 2 aliphatic rings. The number of rotatable bonds is 12. The van der Waals surface area contributed by atoms with Crippen molar-refractivity contribution >= 4 is 40.7 Å². The predicted molar refractivity (Wildman–Crippen MR) is 194 cm³/mol. The van der Waals surface area contributed by atoms with Gasteiger partial charge in [0, 0.05) is 62.4 Å². The molecule has 0 unspecified atom stereocenters. The summed E-state index contributed by atoms with van der Waals surface area (Å²) in [6, 6.07) is 14.0. The van der Waals surface area contributed by atoms with Crippen molar-refractivity contribution in [3.8, 4) is 22.6 Å². The number of aromatic nitrogens is 2. The number of nitrogens with one attached hydrogen (secondary N) is 1. The summed E-state index contributed by atoms with van der Waals surface area (Å²) in [6.07, 6.45) is 6.37. The maximum absolute atomic E-state index is 15.3. The van der Waals surface area contributed by atoms with Crippen LogP contribution in [0.25, 0.3) is 11.1 Å². The average Bonchev–Trinajstić information content (AvgIpc) is 3.73. The lowest BCUT2D eigenvalue weighted by molar-refractivity contribution is -0.869. The van der Waals surface area contributed by atoms with E-state index in [0.717, 1.165) is 47.5 Å². The van der Waals surface area contributed by atoms with Crippen molar-refractivity contribution in [1.82, 2.24) is 15.1 Å². The predicted octanol–water partition coefficient (Wildman–Crippen LogP) is 7.15. The number of likely N-dealkylation sites (N-methyl/N-ethyl adjacent to an activating group) is 1. The van der Waals surface area contributed by atoms with Crippen LogP contribution < -0.4 is 19.7 Å². The minimum atomic E-state index is -0.583. The second kappa shape index (κ2) is 14.6. The lowest BCUT2D eigenvalue weighted by atomic mass is 10.1. The third kappa shape index (κ3) is 8.25. The molecule has 0 bridgehead atoms. The van der Waals surface area contributed by atoms with Crippen molar-refractivity contribution in [2.75, 3.05) is 58.9 Å². The lowest BCUT2D eigenvalue weighted by Crippen LogP contribution is -2.41. The molecule has 1 aromatic heterocycles. The molecule has 12 heteroatoms. The highest BCUT2D eigenvalue weighted by atomic mass is 35.5. The van der Waals surface area contributed by atoms with E-state index in [9.17, 15) is 9.59 Å². The van der Waals surface area contributed by atoms with Gasteiger partial charge in [0.15, 0.2) is 5.75 Å². The van der Waals surface area contributed by atoms with Crippen molar-refractivity contribution in [2.24, 2.45) is 5.41 Å². The third-order valence-corrected chi connectivity index (χ3v) is 10.1. The number of hydrogen-bond acceptors (Lipinski definition) is 5. The average molecular weight is 724 g/mol. The van der Waals surface area contributed by atoms with E-state index in [1.54, 1.807) is 17.1 Å². The minimum Gasteiger partial charge on any atom is -0.493 e. The molecule has 6 rings (SSSR count). The number of fused-ring (bicyclic) bond motifs is 1. The Balaban J connectivity index is 1.16. The van der Waals surface area contributed by atoms with Crippen LogP contribution in [-0.4, -0.2) is 80.1 Å². The van der Waals surface area contributed by atoms with Gasteiger partial charge in [0.2, 0.25) is 5.91 Å². The molecule has 0 saturated heterocycles. The van der Waals surface area contributed by atoms with Gasteiger partial charge in [-0.2, -0.15) is 5.10 Å². The summed E-state index contributed by atoms with van der Waals surface area (Å²) < 4.78 is 30.0. The fraction of sp³-hybridized carbons (Fsp3) is 0.395. The highest BCUT2D eigenvalue weighted by Gasteiger charge is 2.48. The van der Waals surface area contributed by atoms with Gasteiger partial charge in [0.25, 0.3) is 5.91 Å². The fourth-order valence-corrected chi connectivity index (χ4v) is 6.47. The van der Waals surface area contributed by atoms with E-state index < -0.39 is 5.82 Å². The number of nitrogens with zero attached hydrogens (tertiary/aromatic N) is 4. The number of carbonyl (C=O) groups is 2. The summed E-state index contributed by atoms with van der Waals surface area (Å²) in [6.45, 7) is 4.67. The number of quaternary nitrogens is 1. The first-order valence-electron chi connectivity index (χ1n) is 16.9. The van der Waals surface area contributed by atoms with Gasteiger partial charge in [-0.3, -0.25) is 14.3 Å². The Morgan fingerprint density at radius 1 is 1.10 bits per heavy atom. The van der Waals surface area contributed by atoms with Crippen LogP contribution in [0.2, 0.25) is 10.0 Å². The van der Waals surface area contributed by atoms with Crippen LogP contribution in [0.1, 0.15) is 47.2 Å². The Labute approximate surface area is 302 Å². The van der Waals surface area contributed by atoms with E-state index in [1.807, 2.05) is 69.4 Å². The van der Waals surface area contributed by atoms with E-state index in [4.69, 9.17) is 32.7 Å². The lowest BCUT2D eigenvalue weighted by Gasteiger charge is -2.25. The Morgan fingerprint density at radius 3 is 2.62 bits per heavy atom. The van der Waals surface area contributed by atoms with Gasteiger partial charge < -0.3 is 24.2 Å². The Hall–Kier alpha value is -4.12. The second-order valence-electron chi connectivity index (χ2n) is 14.4. The molecular weight excluding hydrogens is 680 g/mol. The number of para-hydroxylation sites is 1. The van der Waals surface area contributed by atoms with Crippen LogP contribution in [0.15, 0.2) is 60.9 Å². The van der Waals surface area contributed by atoms with E-state index in [1.165, 1.54) is 12.1 Å². The standard InChI is InChI=1S/C38H42Cl2FN5O4/c1-25-30(39)9-6-11-34(25)49-17-7-12-35(47)45-23-38(13-14-38)24-50-36-28(8-5-10-33(36)45)27-20-43-44(21-27)22-29-31(40)18-26(19-32(29)41)37(48)42-15-16-46(2,3)4/h5-6,8-11,18-21H,7,12-17,22-24H2,1-4H3/p+1. The summed E-state index contributed by atoms with van der Waals surface area (Å²) in [7, 11) is 6.09. The number of anilines is 1. The molecule has 4 aromatic rings. The summed E-state index contributed by atoms with van der Waals surface area (Å²) in [5.41, 5.74) is 3.48. The molecule has 0 atom stereocenters. The SMILES string of the molecule is Cc1c(Cl)cccc1OCCCC(=O)N1CC2(CC2)COc2c(-c3cnn(Cc4c(F)cc(C(=O)NCC[N+](C)(C)C)cc4Cl)c3)cccc21. The van der Waals surface area contributed by atoms with Crippen LogP contribution in [-0.2, 0) is 11.3 Å². The topological polar surface area (TPSA) is 85.7 Å². The molecule has 1 saturated carbocycles. The number of benzene rings is 3. The molecule has 50 heavy (non-hydrogen) atoms. The first-order chi connectivity index (χ1) is 23.8. The van der Waals surface area contributed by atoms with Gasteiger partial charge in [-0.15, -0.1) is 0 Å². The van der Waals surface area contributed by atoms with Gasteiger partial charge in [0.05, 0.1) is 65.9 Å². The van der Waals surface area contributed by atoms with Gasteiger partial charge in [0.1, 0.15) is 11.6 Å². The van der Waals surface area contributed by atoms with Gasteiger partial charge >= 0.3 is 0 Å². The number of halogens is 3. The van der Waals surface area contributed by atoms with Gasteiger partial charge in [-0.1, -0.05) is 41.4 Å². The zero-order valence-corrected chi connectivity index (χ0v) is 30.4. The van der Waals surface area contributed by atoms with Crippen molar-refractivity contribution in [3.63, 3.8) is 0 Å². The summed E-state index contributed by atoms with van der Waals surface area (Å²) in [5, 5.41) is 8.12. The first kappa shape index (κ1) is 35.7. The minimum absolute atomic E-state index is 0.0119. The molecule has 1 fully saturated rings. The second-order valence-corrected chi connectivity index (χ2v) is 15.2. The largest absolute Gasteiger partial charge is 0.493 e. The third-order valence-electron chi connectivity index (χ3n) is 9.31. The Morgan fingerprint density at radius 2 is 1.88 bits per heavy atom. The summed E-state index contributed by atoms with van der Waals surface area (Å²) >= 11 is 12.7. The Kier molecular flexibility index (Phi) is 10.4. The molecule has 264 valence electrons. The highest BCUT2D eigenvalue weighted by molar-refractivity contribution is 6.32. The molecular formula is C38H43Cl2FN5O4+. The number of ether oxygens (including phenoxy) is 2. The first-order valence-corrected chi connectivity index (χ1v) is 17.6. The number of hydrogen-bond donors (Lipinski definition) is 1. The van der Waals surface area contributed by atoms with Crippen molar-refractivity contribution in [2.45, 2.75) is 39.2 Å². The zero-order valence-electron chi connectivity index (χ0n) is 28.9. The quantitative estimate of drug-likeness (QED) is 0.124. The van der Waals surface area contributed by atoms with Crippen LogP contribution >= 0.6 is 23.2 Å². The molecule has 2 amide bonds. The van der Waals surface area contributed by atoms with E-state index in [-0.39, 0.29) is 39.9 Å². The van der Waals surface area contributed by atoms with Gasteiger partial charge in [-0.25, -0.2) is 4.39 Å². The fourth-order valence-electron chi connectivity index (χ4n) is 6.04. The maximum Gasteiger partial charge on any atom is 0.251 e. The van der Waals surface area contributed by atoms with Crippen LogP contribution in [0, 0.1) is 18.2 Å². The Bertz CT molecular complexity index is 1880. The monoisotopic (exact) mass is 722 g/mol. The molecule has 1 aliphatic carbocycles. The molecule has 1 aliphatic heterocycles. The van der Waals surface area contributed by atoms with Crippen LogP contribution in [0.5, 0.6) is 11.5 Å². The zero-order chi connectivity index (χ0) is 35.6. The highest BCUT2D eigenvalue weighted by Crippen LogP contribution is 2.52. The molecule has 0 radical (unpaired) electrons. The smallest absolute Gasteiger partial charge is 0.251 e. The summed E-state index contributed by atoms with van der Waals surface area (Å²) in [4.78, 5) is 28.3. The van der Waals surface area contributed by atoms with Crippen molar-refractivity contribution in [1.29, 1.82) is 0 Å². The van der Waals surface area contributed by atoms with Crippen LogP contribution in [0.4, 0.5) is 10.1 Å². The van der Waals surface area contributed by atoms with E-state index in [2.05, 4.69) is 10.4 Å². The van der Waals surface area contributed by atoms with Crippen molar-refractivity contribution < 1.29 is 27.9 Å². The van der Waals surface area contributed by atoms with Gasteiger partial charge in [-0.05, 0) is 56.5 Å². The molecule has 3 aromatic carbocycles. The van der Waals surface area contributed by atoms with Crippen LogP contribution in [0.3, 0.4) is 0 Å². The normalized spacial score (nSPS) is 14.9. The molecule has 2 heterocycles. The molecule has 1 spiro atoms. The summed E-state index contributed by atoms with van der Waals surface area (Å²) in [5.74, 6) is 0.396. The molecule has 1 N–H and O–H groups in total. The van der Waals surface area contributed by atoms with Crippen molar-refractivity contribution in [3.05, 3.63) is 93.5 Å².